The molecule has 0 spiro atoms. The molecule has 0 bridgehead atoms. The summed E-state index contributed by atoms with van der Waals surface area (Å²) in [5, 5.41) is 0. The van der Waals surface area contributed by atoms with Gasteiger partial charge in [-0.05, 0) is 55.5 Å². The highest BCUT2D eigenvalue weighted by atomic mass is 16.5. The Morgan fingerprint density at radius 1 is 0.964 bits per heavy atom. The van der Waals surface area contributed by atoms with Crippen molar-refractivity contribution in [2.24, 2.45) is 0 Å². The van der Waals surface area contributed by atoms with Gasteiger partial charge in [-0.3, -0.25) is 4.79 Å². The van der Waals surface area contributed by atoms with Gasteiger partial charge in [-0.1, -0.05) is 38.1 Å². The SMILES string of the molecule is CC.COc1ccc([C@H]2CC(=O)N(c3ccccc3)C2)cc1OC1CCCC1. The number of rotatable bonds is 5. The van der Waals surface area contributed by atoms with Crippen molar-refractivity contribution < 1.29 is 14.3 Å². The highest BCUT2D eigenvalue weighted by Crippen LogP contribution is 2.38. The summed E-state index contributed by atoms with van der Waals surface area (Å²) < 4.78 is 11.7. The van der Waals surface area contributed by atoms with Crippen LogP contribution in [0.15, 0.2) is 48.5 Å². The van der Waals surface area contributed by atoms with E-state index in [1.807, 2.05) is 55.1 Å². The van der Waals surface area contributed by atoms with Gasteiger partial charge in [-0.25, -0.2) is 0 Å². The number of methoxy groups -OCH3 is 1. The predicted molar refractivity (Wildman–Crippen MR) is 113 cm³/mol. The summed E-state index contributed by atoms with van der Waals surface area (Å²) in [7, 11) is 1.67. The molecule has 28 heavy (non-hydrogen) atoms. The van der Waals surface area contributed by atoms with Crippen molar-refractivity contribution in [3.05, 3.63) is 54.1 Å². The first kappa shape index (κ1) is 20.2. The number of carbonyl (C=O) groups excluding carboxylic acids is 1. The van der Waals surface area contributed by atoms with Gasteiger partial charge < -0.3 is 14.4 Å². The first-order valence-corrected chi connectivity index (χ1v) is 10.4. The van der Waals surface area contributed by atoms with E-state index < -0.39 is 0 Å². The molecule has 1 aliphatic carbocycles. The van der Waals surface area contributed by atoms with Crippen LogP contribution in [0.25, 0.3) is 0 Å². The number of benzene rings is 2. The molecule has 4 heteroatoms. The molecule has 0 unspecified atom stereocenters. The Labute approximate surface area is 168 Å². The van der Waals surface area contributed by atoms with Crippen LogP contribution < -0.4 is 14.4 Å². The minimum absolute atomic E-state index is 0.176. The Balaban J connectivity index is 0.00000109. The molecule has 0 radical (unpaired) electrons. The number of hydrogen-bond donors (Lipinski definition) is 0. The predicted octanol–water partition coefficient (Wildman–Crippen LogP) is 5.56. The normalized spacial score (nSPS) is 19.3. The number of amides is 1. The molecular weight excluding hydrogens is 350 g/mol. The molecule has 150 valence electrons. The lowest BCUT2D eigenvalue weighted by Crippen LogP contribution is -2.24. The van der Waals surface area contributed by atoms with Crippen LogP contribution in [0, 0.1) is 0 Å². The van der Waals surface area contributed by atoms with E-state index in [1.165, 1.54) is 12.8 Å². The van der Waals surface area contributed by atoms with E-state index in [9.17, 15) is 4.79 Å². The largest absolute Gasteiger partial charge is 0.493 e. The molecule has 1 saturated carbocycles. The Morgan fingerprint density at radius 3 is 2.36 bits per heavy atom. The first-order valence-electron chi connectivity index (χ1n) is 10.4. The maximum absolute atomic E-state index is 12.5. The fraction of sp³-hybridized carbons (Fsp3) is 0.458. The van der Waals surface area contributed by atoms with Crippen molar-refractivity contribution in [3.8, 4) is 11.5 Å². The molecule has 1 heterocycles. The van der Waals surface area contributed by atoms with Gasteiger partial charge in [-0.2, -0.15) is 0 Å². The van der Waals surface area contributed by atoms with E-state index in [-0.39, 0.29) is 17.9 Å². The third-order valence-electron chi connectivity index (χ3n) is 5.45. The van der Waals surface area contributed by atoms with Crippen molar-refractivity contribution in [2.75, 3.05) is 18.6 Å². The topological polar surface area (TPSA) is 38.8 Å². The van der Waals surface area contributed by atoms with E-state index in [2.05, 4.69) is 12.1 Å². The van der Waals surface area contributed by atoms with E-state index >= 15 is 0 Å². The second-order valence-corrected chi connectivity index (χ2v) is 7.18. The molecule has 1 aliphatic heterocycles. The van der Waals surface area contributed by atoms with Gasteiger partial charge in [0.2, 0.25) is 5.91 Å². The molecule has 2 aromatic carbocycles. The average Bonchev–Trinajstić information content (AvgIpc) is 3.40. The second kappa shape index (κ2) is 9.63. The number of carbonyl (C=O) groups is 1. The lowest BCUT2D eigenvalue weighted by atomic mass is 9.98. The first-order chi connectivity index (χ1) is 13.7. The zero-order valence-electron chi connectivity index (χ0n) is 17.2. The van der Waals surface area contributed by atoms with Crippen LogP contribution in [0.1, 0.15) is 57.4 Å². The fourth-order valence-corrected chi connectivity index (χ4v) is 4.01. The third kappa shape index (κ3) is 4.49. The van der Waals surface area contributed by atoms with Gasteiger partial charge in [0.25, 0.3) is 0 Å². The van der Waals surface area contributed by atoms with Gasteiger partial charge in [0.15, 0.2) is 11.5 Å². The van der Waals surface area contributed by atoms with Crippen molar-refractivity contribution in [1.82, 2.24) is 0 Å². The maximum atomic E-state index is 12.5. The number of hydrogen-bond acceptors (Lipinski definition) is 3. The molecule has 1 amide bonds. The number of anilines is 1. The maximum Gasteiger partial charge on any atom is 0.227 e. The molecule has 2 aliphatic rings. The Morgan fingerprint density at radius 2 is 1.68 bits per heavy atom. The Bertz CT molecular complexity index is 769. The molecular formula is C24H31NO3. The lowest BCUT2D eigenvalue weighted by molar-refractivity contribution is -0.117. The second-order valence-electron chi connectivity index (χ2n) is 7.18. The molecule has 0 aromatic heterocycles. The van der Waals surface area contributed by atoms with Crippen molar-refractivity contribution in [2.45, 2.75) is 58.0 Å². The van der Waals surface area contributed by atoms with E-state index in [0.717, 1.165) is 35.6 Å². The molecule has 1 saturated heterocycles. The minimum Gasteiger partial charge on any atom is -0.493 e. The van der Waals surface area contributed by atoms with E-state index in [1.54, 1.807) is 7.11 Å². The van der Waals surface area contributed by atoms with Crippen LogP contribution in [0.3, 0.4) is 0 Å². The zero-order chi connectivity index (χ0) is 19.9. The van der Waals surface area contributed by atoms with E-state index in [0.29, 0.717) is 13.0 Å². The molecule has 1 atom stereocenters. The standard InChI is InChI=1S/C22H25NO3.C2H6/c1-25-20-12-11-16(13-21(20)26-19-9-5-6-10-19)17-14-22(24)23(15-17)18-7-3-2-4-8-18;1-2/h2-4,7-8,11-13,17,19H,5-6,9-10,14-15H2,1H3;1-2H3/t17-;/m0./s1. The van der Waals surface area contributed by atoms with Crippen LogP contribution in [0.5, 0.6) is 11.5 Å². The van der Waals surface area contributed by atoms with Gasteiger partial charge >= 0.3 is 0 Å². The van der Waals surface area contributed by atoms with Crippen molar-refractivity contribution in [1.29, 1.82) is 0 Å². The highest BCUT2D eigenvalue weighted by molar-refractivity contribution is 5.96. The van der Waals surface area contributed by atoms with Gasteiger partial charge in [0, 0.05) is 24.6 Å². The van der Waals surface area contributed by atoms with Gasteiger partial charge in [-0.15, -0.1) is 0 Å². The Hall–Kier alpha value is -2.49. The van der Waals surface area contributed by atoms with Crippen LogP contribution in [0.2, 0.25) is 0 Å². The molecule has 4 nitrogen and oxygen atoms in total. The van der Waals surface area contributed by atoms with Gasteiger partial charge in [0.05, 0.1) is 13.2 Å². The van der Waals surface area contributed by atoms with Crippen LogP contribution in [-0.2, 0) is 4.79 Å². The van der Waals surface area contributed by atoms with Crippen LogP contribution in [0.4, 0.5) is 5.69 Å². The number of nitrogens with zero attached hydrogens (tertiary/aromatic N) is 1. The quantitative estimate of drug-likeness (QED) is 0.680. The zero-order valence-corrected chi connectivity index (χ0v) is 17.2. The van der Waals surface area contributed by atoms with E-state index in [4.69, 9.17) is 9.47 Å². The van der Waals surface area contributed by atoms with Crippen LogP contribution in [-0.4, -0.2) is 25.7 Å². The fourth-order valence-electron chi connectivity index (χ4n) is 4.01. The Kier molecular flexibility index (Phi) is 6.96. The summed E-state index contributed by atoms with van der Waals surface area (Å²) >= 11 is 0. The summed E-state index contributed by atoms with van der Waals surface area (Å²) in [6.07, 6.45) is 5.49. The summed E-state index contributed by atoms with van der Waals surface area (Å²) in [6, 6.07) is 16.0. The van der Waals surface area contributed by atoms with Crippen LogP contribution >= 0.6 is 0 Å². The third-order valence-corrected chi connectivity index (χ3v) is 5.45. The molecule has 2 fully saturated rings. The summed E-state index contributed by atoms with van der Waals surface area (Å²) in [5.74, 6) is 1.93. The minimum atomic E-state index is 0.176. The van der Waals surface area contributed by atoms with Gasteiger partial charge in [0.1, 0.15) is 0 Å². The number of para-hydroxylation sites is 1. The number of ether oxygens (including phenoxy) is 2. The van der Waals surface area contributed by atoms with Crippen molar-refractivity contribution >= 4 is 11.6 Å². The smallest absolute Gasteiger partial charge is 0.227 e. The van der Waals surface area contributed by atoms with Crippen molar-refractivity contribution in [3.63, 3.8) is 0 Å². The molecule has 0 N–H and O–H groups in total. The summed E-state index contributed by atoms with van der Waals surface area (Å²) in [5.41, 5.74) is 2.11. The monoisotopic (exact) mass is 381 g/mol. The molecule has 2 aromatic rings. The lowest BCUT2D eigenvalue weighted by Gasteiger charge is -2.19. The summed E-state index contributed by atoms with van der Waals surface area (Å²) in [6.45, 7) is 4.71. The highest BCUT2D eigenvalue weighted by Gasteiger charge is 2.32. The molecule has 4 rings (SSSR count). The summed E-state index contributed by atoms with van der Waals surface area (Å²) in [4.78, 5) is 14.4. The average molecular weight is 382 g/mol.